The number of aromatic hydroxyl groups is 1. The fourth-order valence-electron chi connectivity index (χ4n) is 2.34. The minimum atomic E-state index is -0.126. The van der Waals surface area contributed by atoms with Crippen LogP contribution in [0.2, 0.25) is 0 Å². The van der Waals surface area contributed by atoms with Gasteiger partial charge in [0.1, 0.15) is 11.4 Å². The molecule has 0 spiro atoms. The molecular weight excluding hydrogens is 340 g/mol. The molecule has 3 heterocycles. The van der Waals surface area contributed by atoms with E-state index in [1.54, 1.807) is 47.3 Å². The van der Waals surface area contributed by atoms with Gasteiger partial charge in [-0.3, -0.25) is 9.20 Å². The van der Waals surface area contributed by atoms with E-state index in [1.807, 2.05) is 6.07 Å². The van der Waals surface area contributed by atoms with Gasteiger partial charge in [0.05, 0.1) is 11.4 Å². The molecule has 0 aliphatic heterocycles. The Morgan fingerprint density at radius 1 is 1.12 bits per heavy atom. The molecule has 0 aliphatic carbocycles. The largest absolute Gasteiger partial charge is 0.508 e. The van der Waals surface area contributed by atoms with Crippen molar-refractivity contribution in [2.75, 3.05) is 0 Å². The number of benzene rings is 1. The van der Waals surface area contributed by atoms with Crippen LogP contribution in [0.25, 0.3) is 11.3 Å². The molecule has 0 aliphatic rings. The van der Waals surface area contributed by atoms with E-state index in [4.69, 9.17) is 0 Å². The van der Waals surface area contributed by atoms with E-state index >= 15 is 0 Å². The van der Waals surface area contributed by atoms with Gasteiger partial charge in [-0.15, -0.1) is 5.10 Å². The third kappa shape index (κ3) is 3.09. The second-order valence-corrected chi connectivity index (χ2v) is 6.14. The molecule has 1 N–H and O–H groups in total. The SMILES string of the molecule is O=c1cc(CSc2nnnn2-c2ccc(O)cc2)nc2ccccn12. The third-order valence-electron chi connectivity index (χ3n) is 3.51. The Kier molecular flexibility index (Phi) is 3.90. The van der Waals surface area contributed by atoms with E-state index in [-0.39, 0.29) is 11.3 Å². The van der Waals surface area contributed by atoms with Gasteiger partial charge in [0, 0.05) is 18.0 Å². The second kappa shape index (κ2) is 6.36. The number of hydrogen-bond acceptors (Lipinski definition) is 7. The Hall–Kier alpha value is -3.20. The average molecular weight is 352 g/mol. The summed E-state index contributed by atoms with van der Waals surface area (Å²) in [5.41, 5.74) is 1.86. The maximum atomic E-state index is 12.1. The Morgan fingerprint density at radius 3 is 2.80 bits per heavy atom. The van der Waals surface area contributed by atoms with Gasteiger partial charge >= 0.3 is 0 Å². The molecule has 0 amide bonds. The van der Waals surface area contributed by atoms with E-state index < -0.39 is 0 Å². The van der Waals surface area contributed by atoms with Crippen molar-refractivity contribution in [1.29, 1.82) is 0 Å². The molecule has 8 nitrogen and oxygen atoms in total. The van der Waals surface area contributed by atoms with E-state index in [0.717, 1.165) is 5.69 Å². The predicted octanol–water partition coefficient (Wildman–Crippen LogP) is 1.67. The van der Waals surface area contributed by atoms with Crippen LogP contribution in [0.4, 0.5) is 0 Å². The molecule has 25 heavy (non-hydrogen) atoms. The highest BCUT2D eigenvalue weighted by Crippen LogP contribution is 2.22. The highest BCUT2D eigenvalue weighted by molar-refractivity contribution is 7.98. The normalized spacial score (nSPS) is 11.0. The van der Waals surface area contributed by atoms with Crippen LogP contribution < -0.4 is 5.56 Å². The molecule has 0 fully saturated rings. The highest BCUT2D eigenvalue weighted by atomic mass is 32.2. The summed E-state index contributed by atoms with van der Waals surface area (Å²) in [5, 5.41) is 21.6. The number of phenols is 1. The number of pyridine rings is 1. The summed E-state index contributed by atoms with van der Waals surface area (Å²) in [6, 6.07) is 13.5. The van der Waals surface area contributed by atoms with Crippen molar-refractivity contribution in [2.24, 2.45) is 0 Å². The van der Waals surface area contributed by atoms with Crippen LogP contribution in [0.3, 0.4) is 0 Å². The lowest BCUT2D eigenvalue weighted by atomic mass is 10.3. The lowest BCUT2D eigenvalue weighted by molar-refractivity contribution is 0.475. The van der Waals surface area contributed by atoms with Crippen LogP contribution >= 0.6 is 11.8 Å². The fourth-order valence-corrected chi connectivity index (χ4v) is 3.12. The molecule has 3 aromatic heterocycles. The second-order valence-electron chi connectivity index (χ2n) is 5.19. The maximum Gasteiger partial charge on any atom is 0.258 e. The predicted molar refractivity (Wildman–Crippen MR) is 91.8 cm³/mol. The van der Waals surface area contributed by atoms with Crippen molar-refractivity contribution in [3.63, 3.8) is 0 Å². The molecule has 9 heteroatoms. The maximum absolute atomic E-state index is 12.1. The van der Waals surface area contributed by atoms with Crippen molar-refractivity contribution in [3.8, 4) is 11.4 Å². The fraction of sp³-hybridized carbons (Fsp3) is 0.0625. The number of rotatable bonds is 4. The van der Waals surface area contributed by atoms with Gasteiger partial charge in [-0.25, -0.2) is 4.98 Å². The highest BCUT2D eigenvalue weighted by Gasteiger charge is 2.10. The number of hydrogen-bond donors (Lipinski definition) is 1. The number of fused-ring (bicyclic) bond motifs is 1. The Bertz CT molecular complexity index is 1090. The minimum absolute atomic E-state index is 0.126. The van der Waals surface area contributed by atoms with Crippen LogP contribution in [0, 0.1) is 0 Å². The first-order valence-electron chi connectivity index (χ1n) is 7.38. The summed E-state index contributed by atoms with van der Waals surface area (Å²) < 4.78 is 3.06. The first kappa shape index (κ1) is 15.3. The molecule has 0 radical (unpaired) electrons. The van der Waals surface area contributed by atoms with Crippen molar-refractivity contribution in [2.45, 2.75) is 10.9 Å². The van der Waals surface area contributed by atoms with Crippen LogP contribution in [0.5, 0.6) is 5.75 Å². The van der Waals surface area contributed by atoms with Gasteiger partial charge in [0.15, 0.2) is 0 Å². The molecule has 0 saturated carbocycles. The smallest absolute Gasteiger partial charge is 0.258 e. The van der Waals surface area contributed by atoms with Crippen LogP contribution in [0.1, 0.15) is 5.69 Å². The van der Waals surface area contributed by atoms with Gasteiger partial charge in [-0.05, 0) is 46.8 Å². The van der Waals surface area contributed by atoms with Crippen LogP contribution in [-0.4, -0.2) is 34.7 Å². The molecular formula is C16H12N6O2S. The monoisotopic (exact) mass is 352 g/mol. The number of aromatic nitrogens is 6. The standard InChI is InChI=1S/C16H12N6O2S/c23-13-6-4-12(5-7-13)22-16(18-19-20-22)25-10-11-9-15(24)21-8-2-1-3-14(21)17-11/h1-9,23H,10H2. The topological polar surface area (TPSA) is 98.2 Å². The molecule has 0 atom stereocenters. The number of phenolic OH excluding ortho intramolecular Hbond substituents is 1. The molecule has 0 saturated heterocycles. The van der Waals surface area contributed by atoms with Crippen molar-refractivity contribution < 1.29 is 5.11 Å². The van der Waals surface area contributed by atoms with Crippen molar-refractivity contribution >= 4 is 17.4 Å². The van der Waals surface area contributed by atoms with Crippen molar-refractivity contribution in [1.82, 2.24) is 29.6 Å². The summed E-state index contributed by atoms with van der Waals surface area (Å²) in [5.74, 6) is 0.630. The molecule has 124 valence electrons. The van der Waals surface area contributed by atoms with Gasteiger partial charge in [-0.1, -0.05) is 17.8 Å². The van der Waals surface area contributed by atoms with Crippen molar-refractivity contribution in [3.05, 3.63) is 70.8 Å². The van der Waals surface area contributed by atoms with Gasteiger partial charge in [-0.2, -0.15) is 4.68 Å². The van der Waals surface area contributed by atoms with Crippen LogP contribution in [-0.2, 0) is 5.75 Å². The molecule has 4 rings (SSSR count). The van der Waals surface area contributed by atoms with E-state index in [1.165, 1.54) is 22.2 Å². The number of thioether (sulfide) groups is 1. The summed E-state index contributed by atoms with van der Waals surface area (Å²) in [6.07, 6.45) is 1.69. The van der Waals surface area contributed by atoms with Crippen LogP contribution in [0.15, 0.2) is 64.7 Å². The Labute approximate surface area is 145 Å². The summed E-state index contributed by atoms with van der Waals surface area (Å²) in [4.78, 5) is 16.6. The zero-order valence-electron chi connectivity index (χ0n) is 12.9. The van der Waals surface area contributed by atoms with E-state index in [0.29, 0.717) is 22.3 Å². The quantitative estimate of drug-likeness (QED) is 0.558. The molecule has 1 aromatic carbocycles. The number of nitrogens with zero attached hydrogens (tertiary/aromatic N) is 6. The Morgan fingerprint density at radius 2 is 1.96 bits per heavy atom. The molecule has 0 bridgehead atoms. The number of tetrazole rings is 1. The third-order valence-corrected chi connectivity index (χ3v) is 4.46. The zero-order chi connectivity index (χ0) is 17.2. The van der Waals surface area contributed by atoms with Gasteiger partial charge in [0.25, 0.3) is 5.56 Å². The van der Waals surface area contributed by atoms with Gasteiger partial charge in [0.2, 0.25) is 5.16 Å². The van der Waals surface area contributed by atoms with E-state index in [9.17, 15) is 9.90 Å². The van der Waals surface area contributed by atoms with Gasteiger partial charge < -0.3 is 5.11 Å². The average Bonchev–Trinajstić information content (AvgIpc) is 3.09. The first-order valence-corrected chi connectivity index (χ1v) is 8.37. The summed E-state index contributed by atoms with van der Waals surface area (Å²) >= 11 is 1.38. The van der Waals surface area contributed by atoms with E-state index in [2.05, 4.69) is 20.5 Å². The zero-order valence-corrected chi connectivity index (χ0v) is 13.7. The lowest BCUT2D eigenvalue weighted by Crippen LogP contribution is -2.14. The summed E-state index contributed by atoms with van der Waals surface area (Å²) in [7, 11) is 0. The Balaban J connectivity index is 1.59. The first-order chi connectivity index (χ1) is 12.2. The summed E-state index contributed by atoms with van der Waals surface area (Å²) in [6.45, 7) is 0. The molecule has 4 aromatic rings. The lowest BCUT2D eigenvalue weighted by Gasteiger charge is -2.05. The minimum Gasteiger partial charge on any atom is -0.508 e. The molecule has 0 unspecified atom stereocenters.